The maximum atomic E-state index is 11.4. The quantitative estimate of drug-likeness (QED) is 0.301. The summed E-state index contributed by atoms with van der Waals surface area (Å²) >= 11 is 0. The number of rotatable bonds is 3. The molecule has 1 saturated carbocycles. The number of ether oxygens (including phenoxy) is 1. The van der Waals surface area contributed by atoms with Gasteiger partial charge in [0.25, 0.3) is 5.69 Å². The monoisotopic (exact) mass is 315 g/mol. The molecule has 6 heteroatoms. The standard InChI is InChI=1S/C17H17NO5/c1-10-14(23-17(19)20)9-8-13(18(21)22)15(10)16-11-6-4-2-3-5-7-12(11)16/h8-9,11-12,16H,4-7H2,1H3,(H,19,20)/t11-,12+,16?. The second-order valence-corrected chi connectivity index (χ2v) is 6.03. The van der Waals surface area contributed by atoms with E-state index in [0.717, 1.165) is 25.7 Å². The van der Waals surface area contributed by atoms with Crippen molar-refractivity contribution < 1.29 is 19.6 Å². The number of hydrogen-bond acceptors (Lipinski definition) is 4. The first-order valence-electron chi connectivity index (χ1n) is 7.65. The van der Waals surface area contributed by atoms with E-state index in [-0.39, 0.29) is 17.4 Å². The summed E-state index contributed by atoms with van der Waals surface area (Å²) in [5, 5.41) is 20.2. The Labute approximate surface area is 133 Å². The minimum atomic E-state index is -1.41. The Morgan fingerprint density at radius 2 is 1.91 bits per heavy atom. The van der Waals surface area contributed by atoms with Crippen molar-refractivity contribution in [1.29, 1.82) is 0 Å². The van der Waals surface area contributed by atoms with Crippen LogP contribution < -0.4 is 4.74 Å². The van der Waals surface area contributed by atoms with E-state index >= 15 is 0 Å². The molecule has 1 unspecified atom stereocenters. The molecular formula is C17H17NO5. The third-order valence-corrected chi connectivity index (χ3v) is 4.83. The molecule has 0 saturated heterocycles. The average Bonchev–Trinajstić information content (AvgIpc) is 3.10. The molecule has 0 spiro atoms. The van der Waals surface area contributed by atoms with E-state index in [9.17, 15) is 14.9 Å². The van der Waals surface area contributed by atoms with Crippen LogP contribution in [0.3, 0.4) is 0 Å². The number of benzene rings is 1. The van der Waals surface area contributed by atoms with Crippen molar-refractivity contribution >= 4 is 11.8 Å². The number of hydrogen-bond donors (Lipinski definition) is 1. The zero-order valence-corrected chi connectivity index (χ0v) is 12.7. The normalized spacial score (nSPS) is 25.2. The molecule has 1 fully saturated rings. The third kappa shape index (κ3) is 2.87. The molecule has 1 aromatic rings. The Hall–Kier alpha value is -2.55. The zero-order valence-electron chi connectivity index (χ0n) is 12.7. The van der Waals surface area contributed by atoms with Crippen molar-refractivity contribution in [2.75, 3.05) is 0 Å². The van der Waals surface area contributed by atoms with Gasteiger partial charge in [-0.05, 0) is 43.6 Å². The number of nitrogens with zero attached hydrogens (tertiary/aromatic N) is 1. The largest absolute Gasteiger partial charge is 0.511 e. The number of fused-ring (bicyclic) bond motifs is 1. The van der Waals surface area contributed by atoms with E-state index in [1.807, 2.05) is 0 Å². The van der Waals surface area contributed by atoms with Crippen LogP contribution in [0, 0.1) is 40.7 Å². The van der Waals surface area contributed by atoms with Crippen LogP contribution in [0.15, 0.2) is 12.1 Å². The molecule has 0 aliphatic heterocycles. The van der Waals surface area contributed by atoms with Gasteiger partial charge in [-0.15, -0.1) is 11.8 Å². The van der Waals surface area contributed by atoms with Gasteiger partial charge in [0.05, 0.1) is 4.92 Å². The summed E-state index contributed by atoms with van der Waals surface area (Å²) in [6.07, 6.45) is 2.08. The highest BCUT2D eigenvalue weighted by Gasteiger charge is 2.52. The van der Waals surface area contributed by atoms with Crippen molar-refractivity contribution in [2.45, 2.75) is 38.5 Å². The molecule has 2 aliphatic rings. The Kier molecular flexibility index (Phi) is 3.95. The predicted molar refractivity (Wildman–Crippen MR) is 82.5 cm³/mol. The number of nitro groups is 1. The van der Waals surface area contributed by atoms with Gasteiger partial charge in [-0.2, -0.15) is 0 Å². The molecule has 0 aromatic heterocycles. The molecule has 1 aromatic carbocycles. The van der Waals surface area contributed by atoms with Crippen molar-refractivity contribution in [1.82, 2.24) is 0 Å². The van der Waals surface area contributed by atoms with Crippen LogP contribution in [-0.4, -0.2) is 16.2 Å². The SMILES string of the molecule is Cc1c(OC(=O)O)ccc([N+](=O)[O-])c1C1[C@H]2CCC#CCC[C@@H]12. The Morgan fingerprint density at radius 3 is 2.43 bits per heavy atom. The molecule has 3 rings (SSSR count). The first-order chi connectivity index (χ1) is 11.0. The van der Waals surface area contributed by atoms with Crippen molar-refractivity contribution in [3.63, 3.8) is 0 Å². The summed E-state index contributed by atoms with van der Waals surface area (Å²) in [6, 6.07) is 2.71. The van der Waals surface area contributed by atoms with Gasteiger partial charge in [0.15, 0.2) is 0 Å². The summed E-state index contributed by atoms with van der Waals surface area (Å²) in [5.74, 6) is 7.29. The van der Waals surface area contributed by atoms with Crippen LogP contribution in [0.1, 0.15) is 42.7 Å². The summed E-state index contributed by atoms with van der Waals surface area (Å²) in [5.41, 5.74) is 1.24. The van der Waals surface area contributed by atoms with Gasteiger partial charge in [-0.3, -0.25) is 10.1 Å². The van der Waals surface area contributed by atoms with Gasteiger partial charge in [-0.1, -0.05) is 0 Å². The van der Waals surface area contributed by atoms with E-state index in [4.69, 9.17) is 9.84 Å². The smallest absolute Gasteiger partial charge is 0.449 e. The zero-order chi connectivity index (χ0) is 16.6. The van der Waals surface area contributed by atoms with Gasteiger partial charge in [0.1, 0.15) is 5.75 Å². The maximum Gasteiger partial charge on any atom is 0.511 e. The summed E-state index contributed by atoms with van der Waals surface area (Å²) in [7, 11) is 0. The van der Waals surface area contributed by atoms with E-state index in [1.54, 1.807) is 6.92 Å². The lowest BCUT2D eigenvalue weighted by Crippen LogP contribution is -2.07. The maximum absolute atomic E-state index is 11.4. The minimum Gasteiger partial charge on any atom is -0.449 e. The molecule has 120 valence electrons. The van der Waals surface area contributed by atoms with E-state index in [2.05, 4.69) is 11.8 Å². The van der Waals surface area contributed by atoms with Crippen molar-refractivity contribution in [3.05, 3.63) is 33.4 Å². The Balaban J connectivity index is 2.00. The Morgan fingerprint density at radius 1 is 1.30 bits per heavy atom. The second kappa shape index (κ2) is 5.92. The summed E-state index contributed by atoms with van der Waals surface area (Å²) in [4.78, 5) is 21.8. The fraction of sp³-hybridized carbons (Fsp3) is 0.471. The lowest BCUT2D eigenvalue weighted by Gasteiger charge is -2.11. The van der Waals surface area contributed by atoms with E-state index < -0.39 is 11.1 Å². The molecule has 0 heterocycles. The molecule has 0 radical (unpaired) electrons. The highest BCUT2D eigenvalue weighted by atomic mass is 16.7. The first-order valence-corrected chi connectivity index (χ1v) is 7.65. The molecule has 6 nitrogen and oxygen atoms in total. The second-order valence-electron chi connectivity index (χ2n) is 6.03. The summed E-state index contributed by atoms with van der Waals surface area (Å²) in [6.45, 7) is 1.70. The van der Waals surface area contributed by atoms with Crippen LogP contribution in [0.25, 0.3) is 0 Å². The molecule has 23 heavy (non-hydrogen) atoms. The first kappa shape index (κ1) is 15.3. The predicted octanol–water partition coefficient (Wildman–Crippen LogP) is 3.87. The molecule has 0 amide bonds. The topological polar surface area (TPSA) is 89.7 Å². The van der Waals surface area contributed by atoms with Crippen LogP contribution >= 0.6 is 0 Å². The van der Waals surface area contributed by atoms with Gasteiger partial charge < -0.3 is 9.84 Å². The van der Waals surface area contributed by atoms with Gasteiger partial charge in [0, 0.05) is 30.0 Å². The van der Waals surface area contributed by atoms with Crippen LogP contribution in [0.4, 0.5) is 10.5 Å². The average molecular weight is 315 g/mol. The minimum absolute atomic E-state index is 0.0536. The van der Waals surface area contributed by atoms with Crippen molar-refractivity contribution in [2.24, 2.45) is 11.8 Å². The van der Waals surface area contributed by atoms with E-state index in [0.29, 0.717) is 23.0 Å². The van der Waals surface area contributed by atoms with Gasteiger partial charge >= 0.3 is 6.16 Å². The van der Waals surface area contributed by atoms with Crippen molar-refractivity contribution in [3.8, 4) is 17.6 Å². The third-order valence-electron chi connectivity index (χ3n) is 4.83. The Bertz CT molecular complexity index is 712. The fourth-order valence-electron chi connectivity index (χ4n) is 3.79. The molecule has 2 aliphatic carbocycles. The van der Waals surface area contributed by atoms with E-state index in [1.165, 1.54) is 12.1 Å². The van der Waals surface area contributed by atoms with Crippen LogP contribution in [0.5, 0.6) is 5.75 Å². The number of carbonyl (C=O) groups is 1. The molecule has 0 bridgehead atoms. The van der Waals surface area contributed by atoms with Gasteiger partial charge in [0.2, 0.25) is 0 Å². The van der Waals surface area contributed by atoms with Gasteiger partial charge in [-0.25, -0.2) is 4.79 Å². The number of nitro benzene ring substituents is 1. The number of carboxylic acid groups (broad SMARTS) is 1. The van der Waals surface area contributed by atoms with Crippen LogP contribution in [0.2, 0.25) is 0 Å². The van der Waals surface area contributed by atoms with Crippen LogP contribution in [-0.2, 0) is 0 Å². The molecule has 3 atom stereocenters. The highest BCUT2D eigenvalue weighted by molar-refractivity contribution is 5.65. The lowest BCUT2D eigenvalue weighted by atomic mass is 9.98. The highest BCUT2D eigenvalue weighted by Crippen LogP contribution is 2.61. The lowest BCUT2D eigenvalue weighted by molar-refractivity contribution is -0.385. The molecule has 1 N–H and O–H groups in total. The molecular weight excluding hydrogens is 298 g/mol. The summed E-state index contributed by atoms with van der Waals surface area (Å²) < 4.78 is 4.77. The fourth-order valence-corrected chi connectivity index (χ4v) is 3.79.